The molecule has 0 aliphatic carbocycles. The molecule has 0 aromatic heterocycles. The van der Waals surface area contributed by atoms with Gasteiger partial charge in [0.1, 0.15) is 0 Å². The Morgan fingerprint density at radius 2 is 1.58 bits per heavy atom. The van der Waals surface area contributed by atoms with E-state index in [9.17, 15) is 8.42 Å². The molecule has 4 heteroatoms. The van der Waals surface area contributed by atoms with E-state index in [-0.39, 0.29) is 16.9 Å². The van der Waals surface area contributed by atoms with E-state index in [1.165, 1.54) is 0 Å². The Morgan fingerprint density at radius 3 is 2.12 bits per heavy atom. The van der Waals surface area contributed by atoms with Crippen molar-refractivity contribution in [1.82, 2.24) is 0 Å². The van der Waals surface area contributed by atoms with Gasteiger partial charge in [-0.25, -0.2) is 0 Å². The molecule has 0 spiro atoms. The Bertz CT molecular complexity index is 747. The summed E-state index contributed by atoms with van der Waals surface area (Å²) in [7, 11) is -3.75. The molecule has 0 saturated heterocycles. The van der Waals surface area contributed by atoms with E-state index in [1.807, 2.05) is 56.3 Å². The standard InChI is InChI=1S/C20H26O3S/c1-5-16(2)17-11-13-19(14-12-17)24(21,22)23-15-20(3,4)18-9-7-6-8-10-18/h6-14,16H,5,15H2,1-4H3. The molecule has 1 atom stereocenters. The average Bonchev–Trinajstić information content (AvgIpc) is 2.60. The van der Waals surface area contributed by atoms with Crippen LogP contribution in [0.15, 0.2) is 59.5 Å². The zero-order valence-corrected chi connectivity index (χ0v) is 15.6. The molecule has 3 nitrogen and oxygen atoms in total. The lowest BCUT2D eigenvalue weighted by Crippen LogP contribution is -2.26. The quantitative estimate of drug-likeness (QED) is 0.671. The minimum Gasteiger partial charge on any atom is -0.265 e. The van der Waals surface area contributed by atoms with Gasteiger partial charge in [-0.05, 0) is 35.6 Å². The van der Waals surface area contributed by atoms with Crippen molar-refractivity contribution in [3.63, 3.8) is 0 Å². The van der Waals surface area contributed by atoms with Gasteiger partial charge in [-0.3, -0.25) is 4.18 Å². The minimum absolute atomic E-state index is 0.104. The molecule has 2 rings (SSSR count). The molecule has 0 saturated carbocycles. The van der Waals surface area contributed by atoms with Gasteiger partial charge in [-0.2, -0.15) is 8.42 Å². The maximum Gasteiger partial charge on any atom is 0.297 e. The maximum atomic E-state index is 12.4. The van der Waals surface area contributed by atoms with Gasteiger partial charge < -0.3 is 0 Å². The predicted molar refractivity (Wildman–Crippen MR) is 97.8 cm³/mol. The summed E-state index contributed by atoms with van der Waals surface area (Å²) in [5, 5.41) is 0. The third-order valence-corrected chi connectivity index (χ3v) is 5.76. The molecular formula is C20H26O3S. The van der Waals surface area contributed by atoms with Gasteiger partial charge in [0, 0.05) is 5.41 Å². The number of hydrogen-bond donors (Lipinski definition) is 0. The van der Waals surface area contributed by atoms with Crippen molar-refractivity contribution in [2.24, 2.45) is 0 Å². The smallest absolute Gasteiger partial charge is 0.265 e. The van der Waals surface area contributed by atoms with Crippen LogP contribution >= 0.6 is 0 Å². The second kappa shape index (κ2) is 7.49. The molecule has 24 heavy (non-hydrogen) atoms. The van der Waals surface area contributed by atoms with Crippen LogP contribution in [0.5, 0.6) is 0 Å². The lowest BCUT2D eigenvalue weighted by molar-refractivity contribution is 0.246. The molecule has 0 N–H and O–H groups in total. The monoisotopic (exact) mass is 346 g/mol. The molecule has 0 aliphatic heterocycles. The topological polar surface area (TPSA) is 43.4 Å². The van der Waals surface area contributed by atoms with Crippen LogP contribution in [0.2, 0.25) is 0 Å². The van der Waals surface area contributed by atoms with Crippen molar-refractivity contribution in [3.8, 4) is 0 Å². The highest BCUT2D eigenvalue weighted by Gasteiger charge is 2.25. The molecule has 0 fully saturated rings. The van der Waals surface area contributed by atoms with Gasteiger partial charge >= 0.3 is 0 Å². The van der Waals surface area contributed by atoms with Gasteiger partial charge in [0.2, 0.25) is 0 Å². The number of hydrogen-bond acceptors (Lipinski definition) is 3. The highest BCUT2D eigenvalue weighted by molar-refractivity contribution is 7.86. The lowest BCUT2D eigenvalue weighted by atomic mass is 9.86. The van der Waals surface area contributed by atoms with Gasteiger partial charge in [0.25, 0.3) is 10.1 Å². The van der Waals surface area contributed by atoms with Crippen molar-refractivity contribution in [2.45, 2.75) is 50.3 Å². The van der Waals surface area contributed by atoms with Crippen molar-refractivity contribution in [3.05, 3.63) is 65.7 Å². The first kappa shape index (κ1) is 18.7. The van der Waals surface area contributed by atoms with Crippen LogP contribution in [0, 0.1) is 0 Å². The summed E-state index contributed by atoms with van der Waals surface area (Å²) in [6, 6.07) is 16.8. The van der Waals surface area contributed by atoms with E-state index in [0.29, 0.717) is 5.92 Å². The summed E-state index contributed by atoms with van der Waals surface area (Å²) >= 11 is 0. The van der Waals surface area contributed by atoms with Crippen LogP contribution in [0.1, 0.15) is 51.2 Å². The number of rotatable bonds is 7. The summed E-state index contributed by atoms with van der Waals surface area (Å²) in [5.41, 5.74) is 1.80. The first-order chi connectivity index (χ1) is 11.3. The highest BCUT2D eigenvalue weighted by Crippen LogP contribution is 2.26. The molecule has 0 amide bonds. The molecule has 2 aromatic carbocycles. The van der Waals surface area contributed by atoms with Crippen molar-refractivity contribution < 1.29 is 12.6 Å². The van der Waals surface area contributed by atoms with Gasteiger partial charge in [0.15, 0.2) is 0 Å². The van der Waals surface area contributed by atoms with E-state index in [0.717, 1.165) is 17.5 Å². The number of benzene rings is 2. The summed E-state index contributed by atoms with van der Waals surface area (Å²) < 4.78 is 30.2. The Labute approximate surface area is 145 Å². The predicted octanol–water partition coefficient (Wildman–Crippen LogP) is 4.88. The normalized spacial score (nSPS) is 13.7. The molecule has 2 aromatic rings. The first-order valence-corrected chi connectivity index (χ1v) is 9.72. The van der Waals surface area contributed by atoms with E-state index < -0.39 is 10.1 Å². The first-order valence-electron chi connectivity index (χ1n) is 8.31. The maximum absolute atomic E-state index is 12.4. The minimum atomic E-state index is -3.75. The van der Waals surface area contributed by atoms with Crippen molar-refractivity contribution >= 4 is 10.1 Å². The average molecular weight is 346 g/mol. The van der Waals surface area contributed by atoms with Crippen LogP contribution in [0.25, 0.3) is 0 Å². The van der Waals surface area contributed by atoms with Gasteiger partial charge in [-0.15, -0.1) is 0 Å². The van der Waals surface area contributed by atoms with E-state index >= 15 is 0 Å². The van der Waals surface area contributed by atoms with E-state index in [1.54, 1.807) is 12.1 Å². The molecular weight excluding hydrogens is 320 g/mol. The Balaban J connectivity index is 2.11. The summed E-state index contributed by atoms with van der Waals surface area (Å²) in [6.07, 6.45) is 1.02. The molecule has 0 bridgehead atoms. The highest BCUT2D eigenvalue weighted by atomic mass is 32.2. The second-order valence-electron chi connectivity index (χ2n) is 6.84. The lowest BCUT2D eigenvalue weighted by Gasteiger charge is -2.24. The molecule has 0 radical (unpaired) electrons. The second-order valence-corrected chi connectivity index (χ2v) is 8.46. The van der Waals surface area contributed by atoms with Crippen molar-refractivity contribution in [1.29, 1.82) is 0 Å². The molecule has 130 valence electrons. The van der Waals surface area contributed by atoms with Crippen LogP contribution in [0.4, 0.5) is 0 Å². The van der Waals surface area contributed by atoms with E-state index in [2.05, 4.69) is 13.8 Å². The zero-order chi connectivity index (χ0) is 17.8. The van der Waals surface area contributed by atoms with Crippen LogP contribution in [-0.2, 0) is 19.7 Å². The summed E-state index contributed by atoms with van der Waals surface area (Å²) in [4.78, 5) is 0.207. The zero-order valence-electron chi connectivity index (χ0n) is 14.8. The molecule has 0 aliphatic rings. The fraction of sp³-hybridized carbons (Fsp3) is 0.400. The van der Waals surface area contributed by atoms with Crippen LogP contribution < -0.4 is 0 Å². The summed E-state index contributed by atoms with van der Waals surface area (Å²) in [6.45, 7) is 8.30. The molecule has 1 unspecified atom stereocenters. The fourth-order valence-corrected chi connectivity index (χ4v) is 3.52. The van der Waals surface area contributed by atoms with E-state index in [4.69, 9.17) is 4.18 Å². The SMILES string of the molecule is CCC(C)c1ccc(S(=O)(=O)OCC(C)(C)c2ccccc2)cc1. The summed E-state index contributed by atoms with van der Waals surface area (Å²) in [5.74, 6) is 0.416. The van der Waals surface area contributed by atoms with Crippen LogP contribution in [-0.4, -0.2) is 15.0 Å². The van der Waals surface area contributed by atoms with Crippen LogP contribution in [0.3, 0.4) is 0 Å². The third-order valence-electron chi connectivity index (χ3n) is 4.48. The Morgan fingerprint density at radius 1 is 1.00 bits per heavy atom. The fourth-order valence-electron chi connectivity index (χ4n) is 2.46. The van der Waals surface area contributed by atoms with Gasteiger partial charge in [-0.1, -0.05) is 70.2 Å². The van der Waals surface area contributed by atoms with Crippen molar-refractivity contribution in [2.75, 3.05) is 6.61 Å². The molecule has 0 heterocycles. The third kappa shape index (κ3) is 4.46. The Kier molecular flexibility index (Phi) is 5.83. The van der Waals surface area contributed by atoms with Gasteiger partial charge in [0.05, 0.1) is 11.5 Å². The largest absolute Gasteiger partial charge is 0.297 e. The Hall–Kier alpha value is -1.65.